The fourth-order valence-electron chi connectivity index (χ4n) is 9.20. The summed E-state index contributed by atoms with van der Waals surface area (Å²) in [6.45, 7) is 0. The summed E-state index contributed by atoms with van der Waals surface area (Å²) in [5, 5.41) is 6.97. The number of rotatable bonds is 4. The van der Waals surface area contributed by atoms with Crippen molar-refractivity contribution in [3.05, 3.63) is 232 Å². The van der Waals surface area contributed by atoms with Crippen molar-refractivity contribution in [3.63, 3.8) is 0 Å². The van der Waals surface area contributed by atoms with E-state index >= 15 is 0 Å². The van der Waals surface area contributed by atoms with Crippen LogP contribution in [0, 0.1) is 0 Å². The molecule has 4 nitrogen and oxygen atoms in total. The Morgan fingerprint density at radius 2 is 0.897 bits per heavy atom. The topological polar surface area (TPSA) is 13.0 Å². The van der Waals surface area contributed by atoms with Crippen molar-refractivity contribution in [1.82, 2.24) is 0 Å². The molecule has 2 aliphatic heterocycles. The monoisotopic (exact) mass is 740 g/mol. The van der Waals surface area contributed by atoms with Crippen LogP contribution in [0.15, 0.2) is 211 Å². The zero-order valence-electron chi connectivity index (χ0n) is 31.7. The molecule has 4 heteroatoms. The molecule has 0 fully saturated rings. The van der Waals surface area contributed by atoms with E-state index in [0.717, 1.165) is 74.7 Å². The second kappa shape index (κ2) is 12.9. The van der Waals surface area contributed by atoms with E-state index in [1.165, 1.54) is 38.4 Å². The Bertz CT molecular complexity index is 3300. The SMILES string of the molecule is C1=C=c2ccccc2=CC=1N1/C(=C2\N(C3=Cc4ccccc4CC3)c3ccccc3N2c2ccc3ccccc3c2)N(c2ccc3ccccc3c2)c2ccccc21. The molecule has 0 N–H and O–H groups in total. The minimum atomic E-state index is 0.895. The van der Waals surface area contributed by atoms with Crippen LogP contribution in [0.25, 0.3) is 39.4 Å². The van der Waals surface area contributed by atoms with Gasteiger partial charge in [0.25, 0.3) is 0 Å². The Kier molecular flexibility index (Phi) is 7.24. The Morgan fingerprint density at radius 3 is 1.57 bits per heavy atom. The molecule has 8 aromatic carbocycles. The Hall–Kier alpha value is -7.74. The van der Waals surface area contributed by atoms with E-state index < -0.39 is 0 Å². The van der Waals surface area contributed by atoms with Gasteiger partial charge < -0.3 is 0 Å². The van der Waals surface area contributed by atoms with Crippen molar-refractivity contribution in [1.29, 1.82) is 0 Å². The molecule has 0 unspecified atom stereocenters. The fourth-order valence-corrected chi connectivity index (χ4v) is 9.20. The lowest BCUT2D eigenvalue weighted by atomic mass is 9.95. The summed E-state index contributed by atoms with van der Waals surface area (Å²) in [6.07, 6.45) is 6.52. The largest absolute Gasteiger partial charge is 0.295 e. The summed E-state index contributed by atoms with van der Waals surface area (Å²) in [5.74, 6) is 2.06. The van der Waals surface area contributed by atoms with E-state index in [9.17, 15) is 0 Å². The number of nitrogens with zero attached hydrogens (tertiary/aromatic N) is 4. The molecule has 0 radical (unpaired) electrons. The van der Waals surface area contributed by atoms with Crippen LogP contribution < -0.4 is 30.0 Å². The predicted octanol–water partition coefficient (Wildman–Crippen LogP) is 11.6. The highest BCUT2D eigenvalue weighted by atomic mass is 15.5. The highest BCUT2D eigenvalue weighted by Crippen LogP contribution is 2.56. The summed E-state index contributed by atoms with van der Waals surface area (Å²) >= 11 is 0. The van der Waals surface area contributed by atoms with Crippen molar-refractivity contribution < 1.29 is 0 Å². The Morgan fingerprint density at radius 1 is 0.379 bits per heavy atom. The van der Waals surface area contributed by atoms with Crippen molar-refractivity contribution >= 4 is 73.6 Å². The fraction of sp³-hybridized carbons (Fsp3) is 0.0370. The lowest BCUT2D eigenvalue weighted by molar-refractivity contribution is 0.864. The van der Waals surface area contributed by atoms with E-state index in [1.807, 2.05) is 0 Å². The van der Waals surface area contributed by atoms with Crippen molar-refractivity contribution in [2.24, 2.45) is 0 Å². The van der Waals surface area contributed by atoms with Crippen LogP contribution in [0.5, 0.6) is 0 Å². The molecule has 0 spiro atoms. The molecule has 58 heavy (non-hydrogen) atoms. The number of aryl methyl sites for hydroxylation is 1. The molecule has 0 saturated heterocycles. The van der Waals surface area contributed by atoms with Gasteiger partial charge in [0.2, 0.25) is 0 Å². The van der Waals surface area contributed by atoms with Crippen LogP contribution in [0.3, 0.4) is 0 Å². The van der Waals surface area contributed by atoms with Gasteiger partial charge in [0.05, 0.1) is 28.4 Å². The molecular formula is C54H36N4. The molecule has 0 aromatic heterocycles. The van der Waals surface area contributed by atoms with Crippen LogP contribution in [0.2, 0.25) is 0 Å². The average Bonchev–Trinajstić information content (AvgIpc) is 3.81. The van der Waals surface area contributed by atoms with Gasteiger partial charge in [-0.1, -0.05) is 133 Å². The van der Waals surface area contributed by atoms with Gasteiger partial charge in [0.15, 0.2) is 11.6 Å². The van der Waals surface area contributed by atoms with E-state index in [2.05, 4.69) is 225 Å². The molecule has 2 heterocycles. The minimum Gasteiger partial charge on any atom is -0.295 e. The van der Waals surface area contributed by atoms with Gasteiger partial charge in [-0.15, -0.1) is 0 Å². The molecule has 0 atom stereocenters. The molecule has 0 amide bonds. The quantitative estimate of drug-likeness (QED) is 0.167. The standard InChI is InChI=1S/C54H36N4/c1-5-17-41-33-45(29-25-37(41)13-1)55-49-21-9-10-22-50(49)56(46-30-26-38-14-2-6-18-42(38)34-46)53(55)54-57(47-31-27-39-15-3-7-19-43(39)35-47)51-23-11-12-24-52(51)58(54)48-32-28-40-16-4-8-20-44(40)36-48/h1-25,27,29,31,33-36H,26,30H2/b54-53-. The van der Waals surface area contributed by atoms with Gasteiger partial charge in [-0.05, 0) is 123 Å². The second-order valence-electron chi connectivity index (χ2n) is 15.2. The summed E-state index contributed by atoms with van der Waals surface area (Å²) in [7, 11) is 0. The highest BCUT2D eigenvalue weighted by molar-refractivity contribution is 6.01. The average molecular weight is 741 g/mol. The molecule has 0 saturated carbocycles. The zero-order valence-corrected chi connectivity index (χ0v) is 31.7. The molecule has 12 rings (SSSR count). The smallest absolute Gasteiger partial charge is 0.166 e. The second-order valence-corrected chi connectivity index (χ2v) is 15.2. The van der Waals surface area contributed by atoms with Gasteiger partial charge in [0, 0.05) is 22.3 Å². The number of benzene rings is 8. The third-order valence-corrected chi connectivity index (χ3v) is 11.9. The lowest BCUT2D eigenvalue weighted by Gasteiger charge is -2.35. The summed E-state index contributed by atoms with van der Waals surface area (Å²) < 4.78 is 0. The molecule has 0 bridgehead atoms. The predicted molar refractivity (Wildman–Crippen MR) is 240 cm³/mol. The first kappa shape index (κ1) is 32.5. The van der Waals surface area contributed by atoms with Crippen LogP contribution in [0.1, 0.15) is 17.5 Å². The molecule has 8 aromatic rings. The number of hydrogen-bond acceptors (Lipinski definition) is 4. The van der Waals surface area contributed by atoms with E-state index in [1.54, 1.807) is 0 Å². The van der Waals surface area contributed by atoms with Gasteiger partial charge >= 0.3 is 0 Å². The zero-order chi connectivity index (χ0) is 38.2. The number of allylic oxidation sites excluding steroid dienone is 2. The van der Waals surface area contributed by atoms with Crippen molar-refractivity contribution in [3.8, 4) is 0 Å². The number of anilines is 6. The number of para-hydroxylation sites is 4. The lowest BCUT2D eigenvalue weighted by Crippen LogP contribution is -2.37. The molecular weight excluding hydrogens is 705 g/mol. The molecule has 4 aliphatic rings. The van der Waals surface area contributed by atoms with Crippen LogP contribution in [-0.4, -0.2) is 0 Å². The third-order valence-electron chi connectivity index (χ3n) is 11.9. The maximum absolute atomic E-state index is 3.65. The van der Waals surface area contributed by atoms with E-state index in [-0.39, 0.29) is 0 Å². The first-order valence-electron chi connectivity index (χ1n) is 20.0. The van der Waals surface area contributed by atoms with E-state index in [4.69, 9.17) is 0 Å². The Balaban J connectivity index is 1.22. The van der Waals surface area contributed by atoms with Gasteiger partial charge in [-0.25, -0.2) is 0 Å². The van der Waals surface area contributed by atoms with Crippen molar-refractivity contribution in [2.75, 3.05) is 19.6 Å². The van der Waals surface area contributed by atoms with Crippen LogP contribution in [0.4, 0.5) is 34.1 Å². The maximum atomic E-state index is 3.65. The molecule has 272 valence electrons. The van der Waals surface area contributed by atoms with Gasteiger partial charge in [-0.3, -0.25) is 19.6 Å². The third kappa shape index (κ3) is 5.04. The summed E-state index contributed by atoms with van der Waals surface area (Å²) in [6, 6.07) is 65.9. The van der Waals surface area contributed by atoms with E-state index in [0.29, 0.717) is 0 Å². The molecule has 2 aliphatic carbocycles. The summed E-state index contributed by atoms with van der Waals surface area (Å²) in [4.78, 5) is 9.89. The first-order valence-corrected chi connectivity index (χ1v) is 20.0. The minimum absolute atomic E-state index is 0.895. The maximum Gasteiger partial charge on any atom is 0.166 e. The number of fused-ring (bicyclic) bond motifs is 6. The van der Waals surface area contributed by atoms with Crippen LogP contribution in [-0.2, 0) is 6.42 Å². The number of hydrogen-bond donors (Lipinski definition) is 0. The highest BCUT2D eigenvalue weighted by Gasteiger charge is 2.45. The van der Waals surface area contributed by atoms with Gasteiger partial charge in [-0.2, -0.15) is 0 Å². The first-order chi connectivity index (χ1) is 28.8. The van der Waals surface area contributed by atoms with Crippen molar-refractivity contribution in [2.45, 2.75) is 12.8 Å². The normalized spacial score (nSPS) is 16.3. The van der Waals surface area contributed by atoms with Gasteiger partial charge in [0.1, 0.15) is 0 Å². The summed E-state index contributed by atoms with van der Waals surface area (Å²) in [5.41, 5.74) is 18.6. The van der Waals surface area contributed by atoms with Crippen LogP contribution >= 0.6 is 0 Å². The Labute approximate surface area is 337 Å².